The molecule has 0 unspecified atom stereocenters. The van der Waals surface area contributed by atoms with E-state index in [1.807, 2.05) is 12.1 Å². The van der Waals surface area contributed by atoms with Gasteiger partial charge in [0.05, 0.1) is 11.2 Å². The maximum absolute atomic E-state index is 4.41. The Hall–Kier alpha value is -1.61. The Balaban J connectivity index is 1.85. The number of H-pyrrole nitrogens is 1. The van der Waals surface area contributed by atoms with E-state index in [-0.39, 0.29) is 0 Å². The van der Waals surface area contributed by atoms with E-state index in [4.69, 9.17) is 0 Å². The molecule has 3 rings (SSSR count). The maximum atomic E-state index is 4.41. The minimum atomic E-state index is 0.959. The minimum Gasteiger partial charge on any atom is -0.278 e. The van der Waals surface area contributed by atoms with Gasteiger partial charge in [0, 0.05) is 9.86 Å². The first-order valence-electron chi connectivity index (χ1n) is 5.99. The van der Waals surface area contributed by atoms with Gasteiger partial charge in [-0.1, -0.05) is 46.3 Å². The van der Waals surface area contributed by atoms with Crippen LogP contribution in [0.1, 0.15) is 11.3 Å². The Morgan fingerprint density at radius 1 is 1.00 bits per heavy atom. The molecule has 0 aliphatic carbocycles. The van der Waals surface area contributed by atoms with Gasteiger partial charge in [0.2, 0.25) is 0 Å². The van der Waals surface area contributed by atoms with E-state index < -0.39 is 0 Å². The van der Waals surface area contributed by atoms with E-state index in [2.05, 4.69) is 62.5 Å². The van der Waals surface area contributed by atoms with Crippen LogP contribution in [0.25, 0.3) is 10.9 Å². The van der Waals surface area contributed by atoms with Crippen LogP contribution in [-0.2, 0) is 12.8 Å². The molecule has 0 fully saturated rings. The number of aromatic amines is 1. The van der Waals surface area contributed by atoms with Crippen LogP contribution in [0.5, 0.6) is 0 Å². The molecule has 3 heteroatoms. The fourth-order valence-electron chi connectivity index (χ4n) is 2.14. The lowest BCUT2D eigenvalue weighted by Crippen LogP contribution is -1.92. The largest absolute Gasteiger partial charge is 0.278 e. The van der Waals surface area contributed by atoms with Crippen LogP contribution in [0, 0.1) is 0 Å². The zero-order chi connectivity index (χ0) is 12.4. The second-order valence-electron chi connectivity index (χ2n) is 4.35. The van der Waals surface area contributed by atoms with Gasteiger partial charge in [-0.2, -0.15) is 5.10 Å². The zero-order valence-corrected chi connectivity index (χ0v) is 11.4. The fraction of sp³-hybridized carbons (Fsp3) is 0.133. The van der Waals surface area contributed by atoms with E-state index in [1.54, 1.807) is 0 Å². The van der Waals surface area contributed by atoms with Crippen molar-refractivity contribution in [3.63, 3.8) is 0 Å². The summed E-state index contributed by atoms with van der Waals surface area (Å²) in [6.45, 7) is 0. The molecule has 1 heterocycles. The van der Waals surface area contributed by atoms with Crippen molar-refractivity contribution < 1.29 is 0 Å². The second kappa shape index (κ2) is 4.94. The predicted octanol–water partition coefficient (Wildman–Crippen LogP) is 4.11. The molecular weight excluding hydrogens is 288 g/mol. The molecule has 90 valence electrons. The third kappa shape index (κ3) is 2.31. The van der Waals surface area contributed by atoms with Gasteiger partial charge in [0.25, 0.3) is 0 Å². The maximum Gasteiger partial charge on any atom is 0.0704 e. The van der Waals surface area contributed by atoms with Gasteiger partial charge >= 0.3 is 0 Å². The topological polar surface area (TPSA) is 28.7 Å². The number of halogens is 1. The molecule has 1 aromatic heterocycles. The van der Waals surface area contributed by atoms with Crippen LogP contribution < -0.4 is 0 Å². The normalized spacial score (nSPS) is 10.9. The molecule has 0 radical (unpaired) electrons. The number of hydrogen-bond acceptors (Lipinski definition) is 1. The first-order valence-corrected chi connectivity index (χ1v) is 6.79. The van der Waals surface area contributed by atoms with Crippen molar-refractivity contribution in [1.82, 2.24) is 10.2 Å². The summed E-state index contributed by atoms with van der Waals surface area (Å²) in [5.74, 6) is 0. The number of aryl methyl sites for hydroxylation is 2. The first-order chi connectivity index (χ1) is 8.83. The van der Waals surface area contributed by atoms with E-state index in [1.165, 1.54) is 10.9 Å². The van der Waals surface area contributed by atoms with Crippen LogP contribution in [0.2, 0.25) is 0 Å². The van der Waals surface area contributed by atoms with Gasteiger partial charge in [-0.25, -0.2) is 0 Å². The summed E-state index contributed by atoms with van der Waals surface area (Å²) >= 11 is 3.51. The van der Waals surface area contributed by atoms with Gasteiger partial charge in [-0.05, 0) is 36.6 Å². The third-order valence-electron chi connectivity index (χ3n) is 3.10. The zero-order valence-electron chi connectivity index (χ0n) is 9.86. The molecule has 0 aliphatic heterocycles. The highest BCUT2D eigenvalue weighted by Gasteiger charge is 2.06. The predicted molar refractivity (Wildman–Crippen MR) is 77.6 cm³/mol. The number of hydrogen-bond donors (Lipinski definition) is 1. The number of nitrogens with one attached hydrogen (secondary N) is 1. The van der Waals surface area contributed by atoms with E-state index in [9.17, 15) is 0 Å². The number of aromatic nitrogens is 2. The Morgan fingerprint density at radius 2 is 1.83 bits per heavy atom. The number of rotatable bonds is 3. The smallest absolute Gasteiger partial charge is 0.0704 e. The molecule has 18 heavy (non-hydrogen) atoms. The Bertz CT molecular complexity index is 659. The van der Waals surface area contributed by atoms with Crippen molar-refractivity contribution in [2.45, 2.75) is 12.8 Å². The lowest BCUT2D eigenvalue weighted by Gasteiger charge is -1.99. The summed E-state index contributed by atoms with van der Waals surface area (Å²) in [7, 11) is 0. The minimum absolute atomic E-state index is 0.959. The summed E-state index contributed by atoms with van der Waals surface area (Å²) in [6.07, 6.45) is 1.98. The molecule has 0 saturated carbocycles. The van der Waals surface area contributed by atoms with Gasteiger partial charge in [-0.15, -0.1) is 0 Å². The summed E-state index contributed by atoms with van der Waals surface area (Å²) in [5, 5.41) is 8.70. The van der Waals surface area contributed by atoms with Crippen molar-refractivity contribution in [1.29, 1.82) is 0 Å². The van der Waals surface area contributed by atoms with Gasteiger partial charge in [-0.3, -0.25) is 5.10 Å². The monoisotopic (exact) mass is 300 g/mol. The van der Waals surface area contributed by atoms with Gasteiger partial charge in [0.15, 0.2) is 0 Å². The number of fused-ring (bicyclic) bond motifs is 1. The van der Waals surface area contributed by atoms with Crippen molar-refractivity contribution in [3.05, 3.63) is 64.3 Å². The SMILES string of the molecule is Brc1ccc2[nH]nc(CCc3ccccc3)c2c1. The van der Waals surface area contributed by atoms with E-state index >= 15 is 0 Å². The van der Waals surface area contributed by atoms with E-state index in [0.29, 0.717) is 0 Å². The summed E-state index contributed by atoms with van der Waals surface area (Å²) in [5.41, 5.74) is 3.58. The highest BCUT2D eigenvalue weighted by atomic mass is 79.9. The average Bonchev–Trinajstić information content (AvgIpc) is 2.80. The van der Waals surface area contributed by atoms with Gasteiger partial charge in [0.1, 0.15) is 0 Å². The quantitative estimate of drug-likeness (QED) is 0.775. The van der Waals surface area contributed by atoms with Crippen LogP contribution in [-0.4, -0.2) is 10.2 Å². The molecule has 0 bridgehead atoms. The average molecular weight is 301 g/mol. The van der Waals surface area contributed by atoms with Crippen LogP contribution in [0.3, 0.4) is 0 Å². The van der Waals surface area contributed by atoms with Crippen LogP contribution >= 0.6 is 15.9 Å². The molecule has 2 aromatic carbocycles. The molecule has 0 atom stereocenters. The van der Waals surface area contributed by atoms with Crippen molar-refractivity contribution in [2.24, 2.45) is 0 Å². The Morgan fingerprint density at radius 3 is 2.67 bits per heavy atom. The van der Waals surface area contributed by atoms with Crippen molar-refractivity contribution in [3.8, 4) is 0 Å². The number of benzene rings is 2. The Kier molecular flexibility index (Phi) is 3.15. The molecule has 0 aliphatic rings. The van der Waals surface area contributed by atoms with Crippen molar-refractivity contribution >= 4 is 26.8 Å². The molecule has 0 amide bonds. The summed E-state index contributed by atoms with van der Waals surface area (Å²) in [4.78, 5) is 0. The van der Waals surface area contributed by atoms with Crippen LogP contribution in [0.15, 0.2) is 53.0 Å². The van der Waals surface area contributed by atoms with Crippen molar-refractivity contribution in [2.75, 3.05) is 0 Å². The summed E-state index contributed by atoms with van der Waals surface area (Å²) in [6, 6.07) is 16.7. The van der Waals surface area contributed by atoms with Gasteiger partial charge < -0.3 is 0 Å². The number of nitrogens with zero attached hydrogens (tertiary/aromatic N) is 1. The first kappa shape index (κ1) is 11.5. The highest BCUT2D eigenvalue weighted by molar-refractivity contribution is 9.10. The standard InChI is InChI=1S/C15H13BrN2/c16-12-7-9-15-13(10-12)14(17-18-15)8-6-11-4-2-1-3-5-11/h1-5,7,9-10H,6,8H2,(H,17,18). The third-order valence-corrected chi connectivity index (χ3v) is 3.59. The molecule has 0 spiro atoms. The lowest BCUT2D eigenvalue weighted by molar-refractivity contribution is 0.901. The van der Waals surface area contributed by atoms with E-state index in [0.717, 1.165) is 28.5 Å². The summed E-state index contributed by atoms with van der Waals surface area (Å²) < 4.78 is 1.09. The molecule has 1 N–H and O–H groups in total. The highest BCUT2D eigenvalue weighted by Crippen LogP contribution is 2.22. The molecule has 2 nitrogen and oxygen atoms in total. The molecular formula is C15H13BrN2. The second-order valence-corrected chi connectivity index (χ2v) is 5.26. The lowest BCUT2D eigenvalue weighted by atomic mass is 10.1. The van der Waals surface area contributed by atoms with Crippen LogP contribution in [0.4, 0.5) is 0 Å². The fourth-order valence-corrected chi connectivity index (χ4v) is 2.50. The Labute approximate surface area is 114 Å². The molecule has 0 saturated heterocycles. The molecule has 3 aromatic rings.